The molecular formula is C17H19NO5. The van der Waals surface area contributed by atoms with E-state index >= 15 is 0 Å². The highest BCUT2D eigenvalue weighted by molar-refractivity contribution is 5.96. The van der Waals surface area contributed by atoms with Gasteiger partial charge in [0.1, 0.15) is 5.75 Å². The third-order valence-electron chi connectivity index (χ3n) is 3.68. The zero-order chi connectivity index (χ0) is 16.8. The molecule has 0 aliphatic heterocycles. The Labute approximate surface area is 134 Å². The van der Waals surface area contributed by atoms with E-state index in [0.29, 0.717) is 5.75 Å². The highest BCUT2D eigenvalue weighted by Gasteiger charge is 2.39. The minimum Gasteiger partial charge on any atom is -0.497 e. The first-order valence-electron chi connectivity index (χ1n) is 7.05. The number of H-pyrrole nitrogens is 1. The Morgan fingerprint density at radius 3 is 2.00 bits per heavy atom. The van der Waals surface area contributed by atoms with Gasteiger partial charge >= 0.3 is 11.9 Å². The lowest BCUT2D eigenvalue weighted by atomic mass is 9.83. The Bertz CT molecular complexity index is 632. The smallest absolute Gasteiger partial charge is 0.321 e. The minimum atomic E-state index is -1.10. The molecule has 6 heteroatoms. The van der Waals surface area contributed by atoms with Crippen molar-refractivity contribution in [3.63, 3.8) is 0 Å². The van der Waals surface area contributed by atoms with E-state index < -0.39 is 23.8 Å². The molecule has 1 N–H and O–H groups in total. The van der Waals surface area contributed by atoms with Crippen molar-refractivity contribution in [3.8, 4) is 5.75 Å². The third kappa shape index (κ3) is 3.53. The molecule has 0 saturated carbocycles. The van der Waals surface area contributed by atoms with Gasteiger partial charge in [-0.3, -0.25) is 9.59 Å². The van der Waals surface area contributed by atoms with Crippen LogP contribution in [0.15, 0.2) is 42.6 Å². The molecular weight excluding hydrogens is 298 g/mol. The second-order valence-corrected chi connectivity index (χ2v) is 4.90. The van der Waals surface area contributed by atoms with Crippen LogP contribution in [-0.4, -0.2) is 38.3 Å². The molecule has 0 saturated heterocycles. The molecule has 0 radical (unpaired) electrons. The number of rotatable bonds is 6. The number of nitrogens with one attached hydrogen (secondary N) is 1. The lowest BCUT2D eigenvalue weighted by molar-refractivity contribution is -0.159. The Hall–Kier alpha value is -2.76. The van der Waals surface area contributed by atoms with Gasteiger partial charge < -0.3 is 19.2 Å². The zero-order valence-electron chi connectivity index (χ0n) is 13.2. The van der Waals surface area contributed by atoms with E-state index in [-0.39, 0.29) is 0 Å². The van der Waals surface area contributed by atoms with Crippen molar-refractivity contribution in [1.82, 2.24) is 4.98 Å². The number of esters is 2. The first-order valence-corrected chi connectivity index (χ1v) is 7.05. The molecule has 0 bridgehead atoms. The normalized spacial score (nSPS) is 11.8. The largest absolute Gasteiger partial charge is 0.497 e. The van der Waals surface area contributed by atoms with Crippen LogP contribution < -0.4 is 4.74 Å². The fraction of sp³-hybridized carbons (Fsp3) is 0.294. The second kappa shape index (κ2) is 7.49. The number of methoxy groups -OCH3 is 3. The van der Waals surface area contributed by atoms with Crippen LogP contribution in [0.25, 0.3) is 0 Å². The molecule has 2 aromatic rings. The first-order chi connectivity index (χ1) is 11.1. The summed E-state index contributed by atoms with van der Waals surface area (Å²) in [5.41, 5.74) is 1.49. The fourth-order valence-corrected chi connectivity index (χ4v) is 2.52. The van der Waals surface area contributed by atoms with E-state index in [2.05, 4.69) is 4.98 Å². The van der Waals surface area contributed by atoms with Crippen molar-refractivity contribution < 1.29 is 23.8 Å². The topological polar surface area (TPSA) is 77.6 Å². The van der Waals surface area contributed by atoms with Gasteiger partial charge in [-0.2, -0.15) is 0 Å². The van der Waals surface area contributed by atoms with Crippen molar-refractivity contribution in [2.24, 2.45) is 5.92 Å². The number of aromatic nitrogens is 1. The van der Waals surface area contributed by atoms with Crippen molar-refractivity contribution in [2.45, 2.75) is 5.92 Å². The summed E-state index contributed by atoms with van der Waals surface area (Å²) in [6.45, 7) is 0. The lowest BCUT2D eigenvalue weighted by Crippen LogP contribution is -2.33. The Balaban J connectivity index is 2.51. The maximum Gasteiger partial charge on any atom is 0.321 e. The molecule has 122 valence electrons. The van der Waals surface area contributed by atoms with E-state index in [9.17, 15) is 9.59 Å². The Kier molecular flexibility index (Phi) is 5.41. The van der Waals surface area contributed by atoms with E-state index in [1.54, 1.807) is 31.5 Å². The van der Waals surface area contributed by atoms with Crippen molar-refractivity contribution >= 4 is 11.9 Å². The second-order valence-electron chi connectivity index (χ2n) is 4.90. The van der Waals surface area contributed by atoms with Gasteiger partial charge in [0.05, 0.1) is 21.3 Å². The summed E-state index contributed by atoms with van der Waals surface area (Å²) in [5, 5.41) is 0. The zero-order valence-corrected chi connectivity index (χ0v) is 13.2. The van der Waals surface area contributed by atoms with Gasteiger partial charge in [-0.25, -0.2) is 0 Å². The minimum absolute atomic E-state index is 0.546. The third-order valence-corrected chi connectivity index (χ3v) is 3.68. The molecule has 2 rings (SSSR count). The van der Waals surface area contributed by atoms with Crippen LogP contribution in [0.2, 0.25) is 0 Å². The molecule has 1 unspecified atom stereocenters. The summed E-state index contributed by atoms with van der Waals surface area (Å²) in [6, 6.07) is 10.8. The molecule has 23 heavy (non-hydrogen) atoms. The Morgan fingerprint density at radius 1 is 0.957 bits per heavy atom. The fourth-order valence-electron chi connectivity index (χ4n) is 2.52. The molecule has 6 nitrogen and oxygen atoms in total. The lowest BCUT2D eigenvalue weighted by Gasteiger charge is -2.23. The summed E-state index contributed by atoms with van der Waals surface area (Å²) in [5.74, 6) is -2.25. The van der Waals surface area contributed by atoms with E-state index in [1.165, 1.54) is 14.2 Å². The van der Waals surface area contributed by atoms with Crippen LogP contribution >= 0.6 is 0 Å². The predicted molar refractivity (Wildman–Crippen MR) is 83.2 cm³/mol. The van der Waals surface area contributed by atoms with Gasteiger partial charge in [0.15, 0.2) is 5.92 Å². The SMILES string of the molecule is COC(=O)C(C(=O)OC)C(c1ccc(OC)cc1)c1ccc[nH]1. The molecule has 1 aromatic heterocycles. The summed E-state index contributed by atoms with van der Waals surface area (Å²) in [4.78, 5) is 27.4. The average Bonchev–Trinajstić information content (AvgIpc) is 3.12. The number of carbonyl (C=O) groups excluding carboxylic acids is 2. The van der Waals surface area contributed by atoms with Crippen LogP contribution in [0.5, 0.6) is 5.75 Å². The molecule has 1 aromatic carbocycles. The number of aromatic amines is 1. The van der Waals surface area contributed by atoms with Gasteiger partial charge in [0.25, 0.3) is 0 Å². The van der Waals surface area contributed by atoms with Crippen molar-refractivity contribution in [3.05, 3.63) is 53.9 Å². The predicted octanol–water partition coefficient (Wildman–Crippen LogP) is 2.12. The molecule has 0 spiro atoms. The van der Waals surface area contributed by atoms with Crippen molar-refractivity contribution in [1.29, 1.82) is 0 Å². The van der Waals surface area contributed by atoms with Crippen LogP contribution in [0, 0.1) is 5.92 Å². The van der Waals surface area contributed by atoms with Crippen LogP contribution in [0.3, 0.4) is 0 Å². The number of benzene rings is 1. The molecule has 1 atom stereocenters. The maximum atomic E-state index is 12.2. The number of hydrogen-bond donors (Lipinski definition) is 1. The van der Waals surface area contributed by atoms with Crippen LogP contribution in [-0.2, 0) is 19.1 Å². The van der Waals surface area contributed by atoms with Crippen molar-refractivity contribution in [2.75, 3.05) is 21.3 Å². The Morgan fingerprint density at radius 2 is 1.57 bits per heavy atom. The summed E-state index contributed by atoms with van der Waals surface area (Å²) in [7, 11) is 4.07. The summed E-state index contributed by atoms with van der Waals surface area (Å²) in [6.07, 6.45) is 1.73. The number of ether oxygens (including phenoxy) is 3. The molecule has 0 aliphatic rings. The summed E-state index contributed by atoms with van der Waals surface area (Å²) < 4.78 is 14.8. The number of carbonyl (C=O) groups is 2. The molecule has 1 heterocycles. The van der Waals surface area contributed by atoms with Gasteiger partial charge in [-0.1, -0.05) is 12.1 Å². The van der Waals surface area contributed by atoms with E-state index in [0.717, 1.165) is 11.3 Å². The monoisotopic (exact) mass is 317 g/mol. The average molecular weight is 317 g/mol. The highest BCUT2D eigenvalue weighted by Crippen LogP contribution is 2.33. The van der Waals surface area contributed by atoms with Crippen LogP contribution in [0.4, 0.5) is 0 Å². The van der Waals surface area contributed by atoms with Gasteiger partial charge in [-0.05, 0) is 29.8 Å². The van der Waals surface area contributed by atoms with E-state index in [1.807, 2.05) is 18.2 Å². The molecule has 0 fully saturated rings. The molecule has 0 aliphatic carbocycles. The quantitative estimate of drug-likeness (QED) is 0.652. The standard InChI is InChI=1S/C17H19NO5/c1-21-12-8-6-11(7-9-12)14(13-5-4-10-18-13)15(16(19)22-2)17(20)23-3/h4-10,14-15,18H,1-3H3. The first kappa shape index (κ1) is 16.6. The maximum absolute atomic E-state index is 12.2. The number of hydrogen-bond acceptors (Lipinski definition) is 5. The van der Waals surface area contributed by atoms with Gasteiger partial charge in [0, 0.05) is 17.8 Å². The van der Waals surface area contributed by atoms with Gasteiger partial charge in [-0.15, -0.1) is 0 Å². The molecule has 0 amide bonds. The van der Waals surface area contributed by atoms with Crippen LogP contribution in [0.1, 0.15) is 17.2 Å². The van der Waals surface area contributed by atoms with E-state index in [4.69, 9.17) is 14.2 Å². The summed E-state index contributed by atoms with van der Waals surface area (Å²) >= 11 is 0. The van der Waals surface area contributed by atoms with Gasteiger partial charge in [0.2, 0.25) is 0 Å². The highest BCUT2D eigenvalue weighted by atomic mass is 16.5.